The Kier molecular flexibility index (Phi) is 3.73. The molecule has 0 amide bonds. The van der Waals surface area contributed by atoms with Crippen LogP contribution in [0.3, 0.4) is 0 Å². The Morgan fingerprint density at radius 1 is 1.21 bits per heavy atom. The first-order chi connectivity index (χ1) is 11.4. The van der Waals surface area contributed by atoms with Gasteiger partial charge in [0.2, 0.25) is 0 Å². The van der Waals surface area contributed by atoms with Gasteiger partial charge < -0.3 is 4.84 Å². The molecule has 3 saturated carbocycles. The van der Waals surface area contributed by atoms with Crippen LogP contribution in [0.5, 0.6) is 0 Å². The third-order valence-corrected chi connectivity index (χ3v) is 7.95. The van der Waals surface area contributed by atoms with E-state index in [4.69, 9.17) is 4.84 Å². The van der Waals surface area contributed by atoms with Gasteiger partial charge in [0.15, 0.2) is 5.78 Å². The molecule has 0 saturated heterocycles. The van der Waals surface area contributed by atoms with Crippen molar-refractivity contribution in [2.24, 2.45) is 28.6 Å². The second-order valence-electron chi connectivity index (χ2n) is 8.76. The normalized spacial score (nSPS) is 44.1. The summed E-state index contributed by atoms with van der Waals surface area (Å²) in [5.74, 6) is 2.14. The van der Waals surface area contributed by atoms with Crippen molar-refractivity contribution in [2.45, 2.75) is 64.7 Å². The maximum Gasteiger partial charge on any atom is 0.294 e. The molecule has 0 spiro atoms. The zero-order valence-electron chi connectivity index (χ0n) is 14.5. The highest BCUT2D eigenvalue weighted by Crippen LogP contribution is 2.65. The highest BCUT2D eigenvalue weighted by Gasteiger charge is 2.57. The lowest BCUT2D eigenvalue weighted by atomic mass is 9.47. The standard InChI is InChI=1S/C19H27NO4/c1-18-9-6-14(21)11-13(18)4-5-15-16(18)7-10-19(12-24-20(22)23)8-2-3-17(15)19/h11,15-17H,2-10,12H2,1H3/t15-,16+,17+,18+,19+/m1/s1. The summed E-state index contributed by atoms with van der Waals surface area (Å²) in [6.07, 6.45) is 11.4. The van der Waals surface area contributed by atoms with Crippen molar-refractivity contribution in [3.05, 3.63) is 21.8 Å². The number of allylic oxidation sites excluding steroid dienone is 1. The molecule has 4 aliphatic rings. The fraction of sp³-hybridized carbons (Fsp3) is 0.842. The van der Waals surface area contributed by atoms with Gasteiger partial charge in [-0.15, -0.1) is 10.1 Å². The number of hydrogen-bond acceptors (Lipinski definition) is 4. The van der Waals surface area contributed by atoms with Crippen LogP contribution >= 0.6 is 0 Å². The molecule has 5 heteroatoms. The molecule has 0 aromatic rings. The number of nitrogens with zero attached hydrogens (tertiary/aromatic N) is 1. The number of carbonyl (C=O) groups is 1. The lowest BCUT2D eigenvalue weighted by molar-refractivity contribution is -0.761. The summed E-state index contributed by atoms with van der Waals surface area (Å²) in [6.45, 7) is 2.66. The molecular formula is C19H27NO4. The van der Waals surface area contributed by atoms with Gasteiger partial charge in [-0.1, -0.05) is 18.9 Å². The van der Waals surface area contributed by atoms with Crippen molar-refractivity contribution >= 4 is 5.78 Å². The van der Waals surface area contributed by atoms with Gasteiger partial charge in [-0.25, -0.2) is 0 Å². The highest BCUT2D eigenvalue weighted by molar-refractivity contribution is 5.91. The third kappa shape index (κ3) is 2.31. The van der Waals surface area contributed by atoms with E-state index < -0.39 is 5.09 Å². The van der Waals surface area contributed by atoms with E-state index in [0.717, 1.165) is 38.5 Å². The van der Waals surface area contributed by atoms with Crippen LogP contribution < -0.4 is 0 Å². The molecule has 4 aliphatic carbocycles. The first-order valence-corrected chi connectivity index (χ1v) is 9.46. The fourth-order valence-electron chi connectivity index (χ4n) is 6.79. The summed E-state index contributed by atoms with van der Waals surface area (Å²) in [7, 11) is 0. The predicted molar refractivity (Wildman–Crippen MR) is 88.6 cm³/mol. The predicted octanol–water partition coefficient (Wildman–Crippen LogP) is 4.10. The van der Waals surface area contributed by atoms with Gasteiger partial charge in [0.1, 0.15) is 6.61 Å². The quantitative estimate of drug-likeness (QED) is 0.576. The second kappa shape index (κ2) is 5.57. The number of fused-ring (bicyclic) bond motifs is 5. The van der Waals surface area contributed by atoms with Gasteiger partial charge in [-0.2, -0.15) is 0 Å². The molecule has 3 fully saturated rings. The molecule has 5 nitrogen and oxygen atoms in total. The Labute approximate surface area is 142 Å². The van der Waals surface area contributed by atoms with E-state index in [9.17, 15) is 14.9 Å². The van der Waals surface area contributed by atoms with E-state index in [1.807, 2.05) is 6.08 Å². The number of hydrogen-bond donors (Lipinski definition) is 0. The van der Waals surface area contributed by atoms with Crippen LogP contribution in [-0.4, -0.2) is 17.5 Å². The van der Waals surface area contributed by atoms with Crippen LogP contribution in [0.25, 0.3) is 0 Å². The molecule has 132 valence electrons. The molecule has 0 aliphatic heterocycles. The number of rotatable bonds is 3. The maximum absolute atomic E-state index is 11.8. The smallest absolute Gasteiger partial charge is 0.294 e. The summed E-state index contributed by atoms with van der Waals surface area (Å²) in [6, 6.07) is 0. The van der Waals surface area contributed by atoms with E-state index >= 15 is 0 Å². The van der Waals surface area contributed by atoms with E-state index in [1.165, 1.54) is 18.4 Å². The highest BCUT2D eigenvalue weighted by atomic mass is 16.9. The molecule has 0 aromatic carbocycles. The van der Waals surface area contributed by atoms with E-state index in [0.29, 0.717) is 30.0 Å². The Hall–Kier alpha value is -1.39. The number of ketones is 1. The zero-order chi connectivity index (χ0) is 16.9. The zero-order valence-corrected chi connectivity index (χ0v) is 14.5. The Balaban J connectivity index is 1.61. The van der Waals surface area contributed by atoms with Crippen molar-refractivity contribution in [2.75, 3.05) is 6.61 Å². The lowest BCUT2D eigenvalue weighted by Gasteiger charge is -2.57. The summed E-state index contributed by atoms with van der Waals surface area (Å²) < 4.78 is 0. The number of carbonyl (C=O) groups excluding carboxylic acids is 1. The minimum Gasteiger partial charge on any atom is -0.313 e. The van der Waals surface area contributed by atoms with Gasteiger partial charge in [0.25, 0.3) is 5.09 Å². The van der Waals surface area contributed by atoms with Crippen molar-refractivity contribution < 1.29 is 14.7 Å². The molecule has 0 aromatic heterocycles. The topological polar surface area (TPSA) is 69.4 Å². The van der Waals surface area contributed by atoms with Crippen molar-refractivity contribution in [3.8, 4) is 0 Å². The van der Waals surface area contributed by atoms with Gasteiger partial charge in [0.05, 0.1) is 0 Å². The van der Waals surface area contributed by atoms with Crippen LogP contribution in [0, 0.1) is 38.7 Å². The molecule has 0 heterocycles. The molecule has 0 bridgehead atoms. The molecule has 24 heavy (non-hydrogen) atoms. The summed E-state index contributed by atoms with van der Waals surface area (Å²) in [5, 5.41) is 10.1. The summed E-state index contributed by atoms with van der Waals surface area (Å²) >= 11 is 0. The summed E-state index contributed by atoms with van der Waals surface area (Å²) in [4.78, 5) is 27.4. The molecule has 0 radical (unpaired) electrons. The Morgan fingerprint density at radius 3 is 2.83 bits per heavy atom. The fourth-order valence-corrected chi connectivity index (χ4v) is 6.79. The van der Waals surface area contributed by atoms with Crippen molar-refractivity contribution in [1.82, 2.24) is 0 Å². The average Bonchev–Trinajstić information content (AvgIpc) is 2.98. The van der Waals surface area contributed by atoms with E-state index in [1.54, 1.807) is 0 Å². The molecule has 0 unspecified atom stereocenters. The largest absolute Gasteiger partial charge is 0.313 e. The van der Waals surface area contributed by atoms with Gasteiger partial charge in [-0.05, 0) is 79.6 Å². The molecular weight excluding hydrogens is 306 g/mol. The molecule has 5 atom stereocenters. The first kappa shape index (κ1) is 16.1. The van der Waals surface area contributed by atoms with Gasteiger partial charge >= 0.3 is 0 Å². The Morgan fingerprint density at radius 2 is 2.04 bits per heavy atom. The van der Waals surface area contributed by atoms with Crippen LogP contribution in [0.2, 0.25) is 0 Å². The van der Waals surface area contributed by atoms with E-state index in [-0.39, 0.29) is 17.4 Å². The minimum absolute atomic E-state index is 0.0241. The van der Waals surface area contributed by atoms with Crippen LogP contribution in [-0.2, 0) is 9.63 Å². The molecule has 4 rings (SSSR count). The summed E-state index contributed by atoms with van der Waals surface area (Å²) in [5.41, 5.74) is 1.58. The van der Waals surface area contributed by atoms with Crippen LogP contribution in [0.15, 0.2) is 11.6 Å². The average molecular weight is 333 g/mol. The van der Waals surface area contributed by atoms with E-state index in [2.05, 4.69) is 6.92 Å². The SMILES string of the molecule is C[C@]12CCC(=O)C=C1CC[C@H]1[C@@H]3CCC[C@@]3(CO[N+](=O)[O-])CC[C@@H]12. The lowest BCUT2D eigenvalue weighted by Crippen LogP contribution is -2.51. The van der Waals surface area contributed by atoms with Crippen molar-refractivity contribution in [3.63, 3.8) is 0 Å². The van der Waals surface area contributed by atoms with Crippen molar-refractivity contribution in [1.29, 1.82) is 0 Å². The van der Waals surface area contributed by atoms with Gasteiger partial charge in [-0.3, -0.25) is 4.79 Å². The third-order valence-electron chi connectivity index (χ3n) is 7.95. The van der Waals surface area contributed by atoms with Crippen LogP contribution in [0.1, 0.15) is 64.7 Å². The Bertz CT molecular complexity index is 600. The second-order valence-corrected chi connectivity index (χ2v) is 8.76. The van der Waals surface area contributed by atoms with Crippen LogP contribution in [0.4, 0.5) is 0 Å². The van der Waals surface area contributed by atoms with Gasteiger partial charge in [0, 0.05) is 6.42 Å². The monoisotopic (exact) mass is 333 g/mol. The molecule has 0 N–H and O–H groups in total. The maximum atomic E-state index is 11.8. The first-order valence-electron chi connectivity index (χ1n) is 9.46. The minimum atomic E-state index is -0.619.